The predicted octanol–water partition coefficient (Wildman–Crippen LogP) is 1.61. The molecule has 0 bridgehead atoms. The van der Waals surface area contributed by atoms with Crippen molar-refractivity contribution in [2.45, 2.75) is 38.1 Å². The number of rotatable bonds is 4. The van der Waals surface area contributed by atoms with Gasteiger partial charge in [0.05, 0.1) is 23.8 Å². The molecule has 1 atom stereocenters. The van der Waals surface area contributed by atoms with Crippen LogP contribution < -0.4 is 4.90 Å². The third kappa shape index (κ3) is 3.08. The average molecular weight is 317 g/mol. The Morgan fingerprint density at radius 2 is 2.30 bits per heavy atom. The van der Waals surface area contributed by atoms with E-state index >= 15 is 0 Å². The molecule has 124 valence electrons. The summed E-state index contributed by atoms with van der Waals surface area (Å²) < 4.78 is 5.29. The highest BCUT2D eigenvalue weighted by atomic mass is 16.5. The Labute approximate surface area is 136 Å². The number of hydrogen-bond acceptors (Lipinski definition) is 4. The lowest BCUT2D eigenvalue weighted by molar-refractivity contribution is -0.144. The molecule has 1 aromatic rings. The molecule has 1 unspecified atom stereocenters. The molecule has 2 fully saturated rings. The Balaban J connectivity index is 1.81. The normalized spacial score (nSPS) is 24.5. The minimum atomic E-state index is -0.390. The van der Waals surface area contributed by atoms with Gasteiger partial charge < -0.3 is 14.5 Å². The van der Waals surface area contributed by atoms with Gasteiger partial charge in [0, 0.05) is 25.9 Å². The van der Waals surface area contributed by atoms with Crippen LogP contribution in [0.1, 0.15) is 32.6 Å². The molecule has 0 N–H and O–H groups in total. The van der Waals surface area contributed by atoms with Crippen molar-refractivity contribution < 1.29 is 14.3 Å². The van der Waals surface area contributed by atoms with Crippen LogP contribution in [0.2, 0.25) is 0 Å². The second-order valence-electron chi connectivity index (χ2n) is 6.23. The molecule has 2 aliphatic heterocycles. The highest BCUT2D eigenvalue weighted by molar-refractivity contribution is 5.97. The number of amides is 2. The van der Waals surface area contributed by atoms with Crippen molar-refractivity contribution in [3.05, 3.63) is 24.5 Å². The summed E-state index contributed by atoms with van der Waals surface area (Å²) in [4.78, 5) is 32.8. The van der Waals surface area contributed by atoms with E-state index in [4.69, 9.17) is 4.74 Å². The van der Waals surface area contributed by atoms with Gasteiger partial charge >= 0.3 is 0 Å². The van der Waals surface area contributed by atoms with E-state index in [0.29, 0.717) is 26.1 Å². The summed E-state index contributed by atoms with van der Waals surface area (Å²) in [6.45, 7) is 3.75. The van der Waals surface area contributed by atoms with E-state index in [-0.39, 0.29) is 24.0 Å². The summed E-state index contributed by atoms with van der Waals surface area (Å²) in [6, 6.07) is 3.71. The molecule has 1 aromatic heterocycles. The molecule has 23 heavy (non-hydrogen) atoms. The maximum Gasteiger partial charge on any atom is 0.249 e. The number of ether oxygens (including phenoxy) is 1. The van der Waals surface area contributed by atoms with Gasteiger partial charge in [-0.2, -0.15) is 0 Å². The fourth-order valence-electron chi connectivity index (χ4n) is 3.66. The molecular formula is C17H23N3O3. The Kier molecular flexibility index (Phi) is 4.61. The maximum atomic E-state index is 12.6. The van der Waals surface area contributed by atoms with Crippen LogP contribution in [0.3, 0.4) is 0 Å². The van der Waals surface area contributed by atoms with Crippen LogP contribution in [0.4, 0.5) is 5.69 Å². The minimum absolute atomic E-state index is 0.00705. The Hall–Kier alpha value is -1.95. The lowest BCUT2D eigenvalue weighted by Crippen LogP contribution is -2.57. The topological polar surface area (TPSA) is 62.7 Å². The summed E-state index contributed by atoms with van der Waals surface area (Å²) in [5.41, 5.74) is 0.413. The number of anilines is 1. The SMILES string of the molecule is CCOCC(=O)N1CCCCC12CC(=O)N(c1cccnc1)C2. The number of hydrogen-bond donors (Lipinski definition) is 0. The first kappa shape index (κ1) is 15.9. The molecule has 0 saturated carbocycles. The molecule has 0 aliphatic carbocycles. The molecule has 6 nitrogen and oxygen atoms in total. The first-order chi connectivity index (χ1) is 11.2. The largest absolute Gasteiger partial charge is 0.372 e. The quantitative estimate of drug-likeness (QED) is 0.846. The fourth-order valence-corrected chi connectivity index (χ4v) is 3.66. The van der Waals surface area contributed by atoms with Gasteiger partial charge in [-0.05, 0) is 38.3 Å². The van der Waals surface area contributed by atoms with Crippen LogP contribution in [0.15, 0.2) is 24.5 Å². The third-order valence-electron chi connectivity index (χ3n) is 4.77. The first-order valence-electron chi connectivity index (χ1n) is 8.25. The van der Waals surface area contributed by atoms with Gasteiger partial charge in [-0.25, -0.2) is 0 Å². The van der Waals surface area contributed by atoms with Gasteiger partial charge in [-0.1, -0.05) is 0 Å². The highest BCUT2D eigenvalue weighted by Crippen LogP contribution is 2.39. The number of piperidine rings is 1. The predicted molar refractivity (Wildman–Crippen MR) is 86.0 cm³/mol. The van der Waals surface area contributed by atoms with Crippen molar-refractivity contribution in [1.82, 2.24) is 9.88 Å². The molecule has 0 aromatic carbocycles. The summed E-state index contributed by atoms with van der Waals surface area (Å²) >= 11 is 0. The zero-order valence-electron chi connectivity index (χ0n) is 13.5. The number of aromatic nitrogens is 1. The van der Waals surface area contributed by atoms with E-state index in [1.807, 2.05) is 24.0 Å². The van der Waals surface area contributed by atoms with Crippen molar-refractivity contribution in [3.8, 4) is 0 Å². The second kappa shape index (κ2) is 6.66. The number of carbonyl (C=O) groups excluding carboxylic acids is 2. The third-order valence-corrected chi connectivity index (χ3v) is 4.77. The molecule has 3 rings (SSSR count). The Morgan fingerprint density at radius 1 is 1.43 bits per heavy atom. The summed E-state index contributed by atoms with van der Waals surface area (Å²) in [5.74, 6) is 0.0569. The zero-order valence-corrected chi connectivity index (χ0v) is 13.5. The summed E-state index contributed by atoms with van der Waals surface area (Å²) in [7, 11) is 0. The van der Waals surface area contributed by atoms with Crippen LogP contribution in [0.5, 0.6) is 0 Å². The van der Waals surface area contributed by atoms with Crippen molar-refractivity contribution >= 4 is 17.5 Å². The van der Waals surface area contributed by atoms with Crippen molar-refractivity contribution in [3.63, 3.8) is 0 Å². The fraction of sp³-hybridized carbons (Fsp3) is 0.588. The first-order valence-corrected chi connectivity index (χ1v) is 8.25. The van der Waals surface area contributed by atoms with E-state index in [9.17, 15) is 9.59 Å². The van der Waals surface area contributed by atoms with Gasteiger partial charge in [0.1, 0.15) is 6.61 Å². The molecule has 2 amide bonds. The molecule has 2 aliphatic rings. The minimum Gasteiger partial charge on any atom is -0.372 e. The van der Waals surface area contributed by atoms with Crippen LogP contribution in [-0.2, 0) is 14.3 Å². The molecule has 0 radical (unpaired) electrons. The lowest BCUT2D eigenvalue weighted by atomic mass is 9.85. The second-order valence-corrected chi connectivity index (χ2v) is 6.23. The van der Waals surface area contributed by atoms with E-state index in [0.717, 1.165) is 24.9 Å². The molecule has 2 saturated heterocycles. The van der Waals surface area contributed by atoms with E-state index in [2.05, 4.69) is 4.98 Å². The van der Waals surface area contributed by atoms with Gasteiger partial charge in [0.15, 0.2) is 0 Å². The Morgan fingerprint density at radius 3 is 3.04 bits per heavy atom. The van der Waals surface area contributed by atoms with Crippen LogP contribution in [0, 0.1) is 0 Å². The standard InChI is InChI=1S/C17H23N3O3/c1-2-23-12-16(22)20-9-4-3-7-17(20)10-15(21)19(13-17)14-6-5-8-18-11-14/h5-6,8,11H,2-4,7,9-10,12-13H2,1H3. The number of nitrogens with zero attached hydrogens (tertiary/aromatic N) is 3. The van der Waals surface area contributed by atoms with Crippen molar-refractivity contribution in [2.75, 3.05) is 31.2 Å². The molecule has 6 heteroatoms. The highest BCUT2D eigenvalue weighted by Gasteiger charge is 2.50. The summed E-state index contributed by atoms with van der Waals surface area (Å²) in [6.07, 6.45) is 6.69. The van der Waals surface area contributed by atoms with E-state index in [1.54, 1.807) is 17.3 Å². The van der Waals surface area contributed by atoms with Crippen LogP contribution in [-0.4, -0.2) is 53.5 Å². The number of likely N-dealkylation sites (tertiary alicyclic amines) is 1. The van der Waals surface area contributed by atoms with E-state index in [1.165, 1.54) is 0 Å². The van der Waals surface area contributed by atoms with Gasteiger partial charge in [-0.15, -0.1) is 0 Å². The maximum absolute atomic E-state index is 12.6. The average Bonchev–Trinajstić information content (AvgIpc) is 2.90. The van der Waals surface area contributed by atoms with Crippen molar-refractivity contribution in [2.24, 2.45) is 0 Å². The summed E-state index contributed by atoms with van der Waals surface area (Å²) in [5, 5.41) is 0. The van der Waals surface area contributed by atoms with E-state index < -0.39 is 0 Å². The monoisotopic (exact) mass is 317 g/mol. The van der Waals surface area contributed by atoms with Crippen molar-refractivity contribution in [1.29, 1.82) is 0 Å². The molecular weight excluding hydrogens is 294 g/mol. The zero-order chi connectivity index (χ0) is 16.3. The lowest BCUT2D eigenvalue weighted by Gasteiger charge is -2.44. The smallest absolute Gasteiger partial charge is 0.249 e. The van der Waals surface area contributed by atoms with Gasteiger partial charge in [0.25, 0.3) is 0 Å². The van der Waals surface area contributed by atoms with Crippen LogP contribution in [0.25, 0.3) is 0 Å². The van der Waals surface area contributed by atoms with Crippen LogP contribution >= 0.6 is 0 Å². The van der Waals surface area contributed by atoms with Gasteiger partial charge in [0.2, 0.25) is 11.8 Å². The molecule has 3 heterocycles. The Bertz CT molecular complexity index is 578. The number of pyridine rings is 1. The molecule has 1 spiro atoms. The number of carbonyl (C=O) groups is 2. The van der Waals surface area contributed by atoms with Gasteiger partial charge in [-0.3, -0.25) is 14.6 Å².